The van der Waals surface area contributed by atoms with Crippen LogP contribution >= 0.6 is 23.2 Å². The van der Waals surface area contributed by atoms with Crippen LogP contribution in [-0.4, -0.2) is 44.3 Å². The lowest BCUT2D eigenvalue weighted by Gasteiger charge is -2.34. The molecule has 45 heavy (non-hydrogen) atoms. The van der Waals surface area contributed by atoms with Crippen LogP contribution in [-0.2, 0) is 39.0 Å². The highest BCUT2D eigenvalue weighted by atomic mass is 35.5. The normalized spacial score (nSPS) is 11.9. The fourth-order valence-electron chi connectivity index (χ4n) is 4.90. The fraction of sp³-hybridized carbons (Fsp3) is 0.257. The van der Waals surface area contributed by atoms with E-state index in [0.29, 0.717) is 34.3 Å². The molecule has 0 saturated carbocycles. The van der Waals surface area contributed by atoms with Crippen LogP contribution in [0.4, 0.5) is 5.69 Å². The van der Waals surface area contributed by atoms with Crippen molar-refractivity contribution in [1.29, 1.82) is 0 Å². The molecule has 0 aromatic heterocycles. The summed E-state index contributed by atoms with van der Waals surface area (Å²) in [6.45, 7) is 3.85. The first-order valence-corrected chi connectivity index (χ1v) is 17.0. The predicted octanol–water partition coefficient (Wildman–Crippen LogP) is 6.92. The number of rotatable bonds is 14. The van der Waals surface area contributed by atoms with Crippen LogP contribution in [0.5, 0.6) is 0 Å². The molecule has 4 aromatic rings. The van der Waals surface area contributed by atoms with Gasteiger partial charge in [-0.05, 0) is 65.9 Å². The van der Waals surface area contributed by atoms with E-state index < -0.39 is 28.5 Å². The molecule has 7 nitrogen and oxygen atoms in total. The van der Waals surface area contributed by atoms with Gasteiger partial charge < -0.3 is 10.2 Å². The quantitative estimate of drug-likeness (QED) is 0.158. The molecule has 2 amide bonds. The van der Waals surface area contributed by atoms with Gasteiger partial charge in [0.2, 0.25) is 11.8 Å². The zero-order valence-electron chi connectivity index (χ0n) is 25.3. The zero-order chi connectivity index (χ0) is 32.4. The third kappa shape index (κ3) is 8.87. The summed E-state index contributed by atoms with van der Waals surface area (Å²) in [7, 11) is -4.16. The number of amides is 2. The van der Waals surface area contributed by atoms with E-state index in [0.717, 1.165) is 21.9 Å². The summed E-state index contributed by atoms with van der Waals surface area (Å²) >= 11 is 12.5. The molecular weight excluding hydrogens is 629 g/mol. The molecule has 1 atom stereocenters. The lowest BCUT2D eigenvalue weighted by atomic mass is 10.0. The van der Waals surface area contributed by atoms with Crippen molar-refractivity contribution in [3.05, 3.63) is 130 Å². The number of halogens is 2. The molecule has 0 spiro atoms. The second-order valence-electron chi connectivity index (χ2n) is 10.6. The minimum atomic E-state index is -4.16. The van der Waals surface area contributed by atoms with Gasteiger partial charge in [-0.1, -0.05) is 104 Å². The summed E-state index contributed by atoms with van der Waals surface area (Å²) < 4.78 is 29.2. The van der Waals surface area contributed by atoms with Crippen molar-refractivity contribution in [3.8, 4) is 0 Å². The number of nitrogens with zero attached hydrogens (tertiary/aromatic N) is 2. The highest BCUT2D eigenvalue weighted by Crippen LogP contribution is 2.27. The Bertz CT molecular complexity index is 1690. The maximum absolute atomic E-state index is 14.5. The predicted molar refractivity (Wildman–Crippen MR) is 181 cm³/mol. The van der Waals surface area contributed by atoms with Gasteiger partial charge in [-0.25, -0.2) is 8.42 Å². The average Bonchev–Trinajstić information content (AvgIpc) is 3.06. The van der Waals surface area contributed by atoms with Gasteiger partial charge in [0.1, 0.15) is 12.6 Å². The molecule has 0 bridgehead atoms. The van der Waals surface area contributed by atoms with Gasteiger partial charge in [0.05, 0.1) is 20.6 Å². The van der Waals surface area contributed by atoms with Gasteiger partial charge in [0.15, 0.2) is 0 Å². The smallest absolute Gasteiger partial charge is 0.264 e. The number of benzene rings is 4. The van der Waals surface area contributed by atoms with Crippen molar-refractivity contribution < 1.29 is 18.0 Å². The topological polar surface area (TPSA) is 86.8 Å². The van der Waals surface area contributed by atoms with Crippen molar-refractivity contribution in [2.45, 2.75) is 50.6 Å². The molecule has 0 aliphatic rings. The number of nitrogens with one attached hydrogen (secondary N) is 1. The number of carbonyl (C=O) groups is 2. The Balaban J connectivity index is 1.80. The number of aryl methyl sites for hydroxylation is 1. The summed E-state index contributed by atoms with van der Waals surface area (Å²) in [5.74, 6) is -0.883. The molecule has 0 fully saturated rings. The summed E-state index contributed by atoms with van der Waals surface area (Å²) in [4.78, 5) is 29.7. The SMILES string of the molecule is CCCNC(=O)C(Cc1ccccc1)N(Cc1ccc(Cl)c(Cl)c1)C(=O)CN(c1ccc(CC)cc1)S(=O)(=O)c1ccccc1. The second-order valence-corrected chi connectivity index (χ2v) is 13.3. The third-order valence-corrected chi connectivity index (χ3v) is 9.93. The van der Waals surface area contributed by atoms with Crippen molar-refractivity contribution in [2.75, 3.05) is 17.4 Å². The van der Waals surface area contributed by atoms with Crippen molar-refractivity contribution >= 4 is 50.7 Å². The van der Waals surface area contributed by atoms with E-state index in [1.54, 1.807) is 48.5 Å². The number of anilines is 1. The van der Waals surface area contributed by atoms with Crippen molar-refractivity contribution in [1.82, 2.24) is 10.2 Å². The van der Waals surface area contributed by atoms with Crippen LogP contribution in [0.3, 0.4) is 0 Å². The van der Waals surface area contributed by atoms with Crippen molar-refractivity contribution in [2.24, 2.45) is 0 Å². The largest absolute Gasteiger partial charge is 0.354 e. The molecule has 0 radical (unpaired) electrons. The van der Waals surface area contributed by atoms with E-state index in [1.165, 1.54) is 17.0 Å². The van der Waals surface area contributed by atoms with E-state index >= 15 is 0 Å². The van der Waals surface area contributed by atoms with Gasteiger partial charge in [-0.3, -0.25) is 13.9 Å². The molecule has 1 unspecified atom stereocenters. The highest BCUT2D eigenvalue weighted by molar-refractivity contribution is 7.92. The Hall–Kier alpha value is -3.85. The van der Waals surface area contributed by atoms with Gasteiger partial charge in [-0.2, -0.15) is 0 Å². The summed E-state index contributed by atoms with van der Waals surface area (Å²) in [6, 6.07) is 28.6. The van der Waals surface area contributed by atoms with Crippen molar-refractivity contribution in [3.63, 3.8) is 0 Å². The molecule has 0 heterocycles. The molecular formula is C35H37Cl2N3O4S. The zero-order valence-corrected chi connectivity index (χ0v) is 27.7. The Kier molecular flexibility index (Phi) is 12.0. The second kappa shape index (κ2) is 15.9. The van der Waals surface area contributed by atoms with Gasteiger partial charge in [0, 0.05) is 19.5 Å². The van der Waals surface area contributed by atoms with E-state index in [1.807, 2.05) is 56.3 Å². The highest BCUT2D eigenvalue weighted by Gasteiger charge is 2.34. The van der Waals surface area contributed by atoms with E-state index in [4.69, 9.17) is 23.2 Å². The molecule has 236 valence electrons. The first-order chi connectivity index (χ1) is 21.6. The molecule has 4 rings (SSSR count). The Morgan fingerprint density at radius 3 is 2.00 bits per heavy atom. The summed E-state index contributed by atoms with van der Waals surface area (Å²) in [5.41, 5.74) is 2.86. The third-order valence-electron chi connectivity index (χ3n) is 7.40. The maximum Gasteiger partial charge on any atom is 0.264 e. The number of sulfonamides is 1. The number of hydrogen-bond acceptors (Lipinski definition) is 4. The molecule has 0 aliphatic heterocycles. The van der Waals surface area contributed by atoms with E-state index in [2.05, 4.69) is 5.32 Å². The van der Waals surface area contributed by atoms with E-state index in [-0.39, 0.29) is 23.8 Å². The molecule has 0 saturated heterocycles. The minimum Gasteiger partial charge on any atom is -0.354 e. The molecule has 10 heteroatoms. The number of hydrogen-bond donors (Lipinski definition) is 1. The fourth-order valence-corrected chi connectivity index (χ4v) is 6.66. The van der Waals surface area contributed by atoms with Crippen LogP contribution in [0.15, 0.2) is 108 Å². The van der Waals surface area contributed by atoms with E-state index in [9.17, 15) is 18.0 Å². The van der Waals surface area contributed by atoms with Gasteiger partial charge in [-0.15, -0.1) is 0 Å². The first-order valence-electron chi connectivity index (χ1n) is 14.9. The summed E-state index contributed by atoms with van der Waals surface area (Å²) in [6.07, 6.45) is 1.71. The Morgan fingerprint density at radius 1 is 0.778 bits per heavy atom. The molecule has 1 N–H and O–H groups in total. The lowest BCUT2D eigenvalue weighted by molar-refractivity contribution is -0.140. The van der Waals surface area contributed by atoms with Crippen LogP contribution in [0.1, 0.15) is 37.0 Å². The lowest BCUT2D eigenvalue weighted by Crippen LogP contribution is -2.53. The standard InChI is InChI=1S/C35H37Cl2N3O4S/c1-3-21-38-35(42)33(23-27-11-7-5-8-12-27)39(24-28-17-20-31(36)32(37)22-28)34(41)25-40(29-18-15-26(4-2)16-19-29)45(43,44)30-13-9-6-10-14-30/h5-20,22,33H,3-4,21,23-25H2,1-2H3,(H,38,42). The minimum absolute atomic E-state index is 0.000759. The monoisotopic (exact) mass is 665 g/mol. The molecule has 4 aromatic carbocycles. The van der Waals surface area contributed by atoms with Crippen LogP contribution < -0.4 is 9.62 Å². The Morgan fingerprint density at radius 2 is 1.40 bits per heavy atom. The van der Waals surface area contributed by atoms with Gasteiger partial charge in [0.25, 0.3) is 10.0 Å². The first kappa shape index (κ1) is 34.0. The summed E-state index contributed by atoms with van der Waals surface area (Å²) in [5, 5.41) is 3.60. The van der Waals surface area contributed by atoms with Crippen LogP contribution in [0.2, 0.25) is 10.0 Å². The molecule has 0 aliphatic carbocycles. The number of carbonyl (C=O) groups excluding carboxylic acids is 2. The Labute approximate surface area is 275 Å². The van der Waals surface area contributed by atoms with Crippen LogP contribution in [0.25, 0.3) is 0 Å². The maximum atomic E-state index is 14.5. The van der Waals surface area contributed by atoms with Gasteiger partial charge >= 0.3 is 0 Å². The van der Waals surface area contributed by atoms with Crippen LogP contribution in [0, 0.1) is 0 Å². The average molecular weight is 667 g/mol.